The van der Waals surface area contributed by atoms with Crippen LogP contribution in [0.2, 0.25) is 0 Å². The number of carbonyl (C=O) groups is 1. The minimum Gasteiger partial charge on any atom is -0.370 e. The predicted octanol–water partition coefficient (Wildman–Crippen LogP) is -0.758. The molecular formula is C12H15N7O2. The van der Waals surface area contributed by atoms with E-state index in [9.17, 15) is 4.79 Å². The van der Waals surface area contributed by atoms with Crippen LogP contribution in [0, 0.1) is 0 Å². The summed E-state index contributed by atoms with van der Waals surface area (Å²) in [6.45, 7) is 2.04. The molecule has 2 aromatic rings. The Morgan fingerprint density at radius 1 is 1.38 bits per heavy atom. The van der Waals surface area contributed by atoms with Gasteiger partial charge >= 0.3 is 0 Å². The molecule has 1 amide bonds. The number of likely N-dealkylation sites (tertiary alicyclic amines) is 1. The van der Waals surface area contributed by atoms with Gasteiger partial charge in [0, 0.05) is 19.3 Å². The van der Waals surface area contributed by atoms with E-state index < -0.39 is 0 Å². The summed E-state index contributed by atoms with van der Waals surface area (Å²) in [6, 6.07) is 0.0460. The summed E-state index contributed by atoms with van der Waals surface area (Å²) in [5, 5.41) is 15.6. The fraction of sp³-hybridized carbons (Fsp3) is 0.583. The lowest BCUT2D eigenvalue weighted by Gasteiger charge is -2.40. The lowest BCUT2D eigenvalue weighted by atomic mass is 10.0. The minimum atomic E-state index is 0.0335. The van der Waals surface area contributed by atoms with Crippen LogP contribution in [0.4, 0.5) is 0 Å². The first-order valence-corrected chi connectivity index (χ1v) is 6.94. The number of ether oxygens (including phenoxy) is 1. The van der Waals surface area contributed by atoms with E-state index in [4.69, 9.17) is 4.74 Å². The van der Waals surface area contributed by atoms with Gasteiger partial charge in [0.15, 0.2) is 0 Å². The molecule has 2 aliphatic rings. The first kappa shape index (κ1) is 12.5. The van der Waals surface area contributed by atoms with Gasteiger partial charge in [-0.25, -0.2) is 9.36 Å². The van der Waals surface area contributed by atoms with Crippen molar-refractivity contribution in [2.45, 2.75) is 31.7 Å². The molecule has 0 saturated carbocycles. The Bertz CT molecular complexity index is 638. The summed E-state index contributed by atoms with van der Waals surface area (Å²) >= 11 is 0. The molecule has 0 unspecified atom stereocenters. The van der Waals surface area contributed by atoms with E-state index in [0.717, 1.165) is 12.1 Å². The van der Waals surface area contributed by atoms with Crippen molar-refractivity contribution in [2.75, 3.05) is 13.1 Å². The van der Waals surface area contributed by atoms with E-state index in [1.54, 1.807) is 18.6 Å². The van der Waals surface area contributed by atoms with Gasteiger partial charge < -0.3 is 9.64 Å². The van der Waals surface area contributed by atoms with Crippen molar-refractivity contribution in [3.8, 4) is 0 Å². The number of amides is 1. The molecule has 9 nitrogen and oxygen atoms in total. The Morgan fingerprint density at radius 3 is 3.19 bits per heavy atom. The van der Waals surface area contributed by atoms with Crippen LogP contribution >= 0.6 is 0 Å². The molecule has 110 valence electrons. The number of piperidine rings is 1. The smallest absolute Gasteiger partial charge is 0.244 e. The third-order valence-corrected chi connectivity index (χ3v) is 4.05. The van der Waals surface area contributed by atoms with Crippen LogP contribution in [0.15, 0.2) is 18.6 Å². The zero-order valence-corrected chi connectivity index (χ0v) is 11.4. The molecule has 2 aliphatic heterocycles. The summed E-state index contributed by atoms with van der Waals surface area (Å²) in [4.78, 5) is 14.2. The molecule has 4 rings (SSSR count). The van der Waals surface area contributed by atoms with Crippen LogP contribution in [0.1, 0.15) is 18.2 Å². The molecule has 0 N–H and O–H groups in total. The number of rotatable bonds is 2. The second-order valence-electron chi connectivity index (χ2n) is 5.32. The van der Waals surface area contributed by atoms with Gasteiger partial charge in [-0.15, -0.1) is 10.2 Å². The van der Waals surface area contributed by atoms with Gasteiger partial charge in [-0.1, -0.05) is 10.4 Å². The van der Waals surface area contributed by atoms with Gasteiger partial charge in [0.25, 0.3) is 0 Å². The van der Waals surface area contributed by atoms with E-state index in [-0.39, 0.29) is 24.6 Å². The molecule has 1 saturated heterocycles. The van der Waals surface area contributed by atoms with Crippen molar-refractivity contribution in [1.82, 2.24) is 34.9 Å². The van der Waals surface area contributed by atoms with Crippen LogP contribution in [0.5, 0.6) is 0 Å². The fourth-order valence-electron chi connectivity index (χ4n) is 2.96. The number of carbonyl (C=O) groups excluding carboxylic acids is 1. The predicted molar refractivity (Wildman–Crippen MR) is 68.9 cm³/mol. The van der Waals surface area contributed by atoms with Crippen molar-refractivity contribution in [1.29, 1.82) is 0 Å². The fourth-order valence-corrected chi connectivity index (χ4v) is 2.96. The molecule has 1 fully saturated rings. The van der Waals surface area contributed by atoms with Crippen molar-refractivity contribution in [3.63, 3.8) is 0 Å². The Hall–Kier alpha value is -2.29. The van der Waals surface area contributed by atoms with Crippen molar-refractivity contribution in [3.05, 3.63) is 24.3 Å². The highest BCUT2D eigenvalue weighted by atomic mass is 16.5. The molecule has 0 spiro atoms. The molecule has 21 heavy (non-hydrogen) atoms. The van der Waals surface area contributed by atoms with E-state index in [1.807, 2.05) is 9.58 Å². The highest BCUT2D eigenvalue weighted by molar-refractivity contribution is 5.76. The number of aromatic nitrogens is 6. The Kier molecular flexibility index (Phi) is 2.92. The molecule has 0 radical (unpaired) electrons. The maximum atomic E-state index is 12.3. The summed E-state index contributed by atoms with van der Waals surface area (Å²) in [5.41, 5.74) is 0.960. The average Bonchev–Trinajstić information content (AvgIpc) is 3.17. The highest BCUT2D eigenvalue weighted by Gasteiger charge is 2.37. The second-order valence-corrected chi connectivity index (χ2v) is 5.32. The van der Waals surface area contributed by atoms with Gasteiger partial charge in [-0.3, -0.25) is 4.79 Å². The van der Waals surface area contributed by atoms with Crippen LogP contribution < -0.4 is 0 Å². The number of nitrogens with zero attached hydrogens (tertiary/aromatic N) is 7. The van der Waals surface area contributed by atoms with Crippen molar-refractivity contribution >= 4 is 5.91 Å². The molecule has 4 heterocycles. The molecule has 0 aliphatic carbocycles. The quantitative estimate of drug-likeness (QED) is 0.722. The molecule has 0 bridgehead atoms. The third-order valence-electron chi connectivity index (χ3n) is 4.05. The largest absolute Gasteiger partial charge is 0.370 e. The topological polar surface area (TPSA) is 91.0 Å². The lowest BCUT2D eigenvalue weighted by molar-refractivity contribution is -0.138. The zero-order chi connectivity index (χ0) is 14.2. The molecule has 2 aromatic heterocycles. The lowest BCUT2D eigenvalue weighted by Crippen LogP contribution is -2.50. The first-order chi connectivity index (χ1) is 10.3. The standard InChI is InChI=1S/C12H15N7O2/c20-12(7-18-4-2-13-15-18)17-3-1-11-10(6-17)19-9(8-21-11)5-14-16-19/h2,4-5,10-11H,1,3,6-8H2/t10-,11+/m1/s1. The zero-order valence-electron chi connectivity index (χ0n) is 11.4. The van der Waals surface area contributed by atoms with Crippen LogP contribution in [-0.2, 0) is 22.7 Å². The van der Waals surface area contributed by atoms with Gasteiger partial charge in [0.1, 0.15) is 6.54 Å². The summed E-state index contributed by atoms with van der Waals surface area (Å²) in [7, 11) is 0. The van der Waals surface area contributed by atoms with Gasteiger partial charge in [0.05, 0.1) is 36.8 Å². The number of hydrogen-bond donors (Lipinski definition) is 0. The summed E-state index contributed by atoms with van der Waals surface area (Å²) in [6.07, 6.45) is 5.88. The van der Waals surface area contributed by atoms with Gasteiger partial charge in [-0.05, 0) is 6.42 Å². The highest BCUT2D eigenvalue weighted by Crippen LogP contribution is 2.29. The Morgan fingerprint density at radius 2 is 2.33 bits per heavy atom. The number of fused-ring (bicyclic) bond motifs is 3. The third kappa shape index (κ3) is 2.19. The second kappa shape index (κ2) is 4.92. The summed E-state index contributed by atoms with van der Waals surface area (Å²) in [5.74, 6) is 0.0335. The first-order valence-electron chi connectivity index (χ1n) is 6.94. The van der Waals surface area contributed by atoms with E-state index in [1.165, 1.54) is 4.68 Å². The number of hydrogen-bond acceptors (Lipinski definition) is 6. The minimum absolute atomic E-state index is 0.0335. The van der Waals surface area contributed by atoms with Crippen molar-refractivity contribution < 1.29 is 9.53 Å². The molecule has 9 heteroatoms. The molecular weight excluding hydrogens is 274 g/mol. The van der Waals surface area contributed by atoms with E-state index in [2.05, 4.69) is 20.6 Å². The maximum absolute atomic E-state index is 12.3. The Labute approximate surface area is 120 Å². The van der Waals surface area contributed by atoms with Crippen LogP contribution in [0.3, 0.4) is 0 Å². The Balaban J connectivity index is 1.49. The molecule has 2 atom stereocenters. The maximum Gasteiger partial charge on any atom is 0.244 e. The van der Waals surface area contributed by atoms with E-state index >= 15 is 0 Å². The average molecular weight is 289 g/mol. The summed E-state index contributed by atoms with van der Waals surface area (Å²) < 4.78 is 9.26. The van der Waals surface area contributed by atoms with Crippen LogP contribution in [0.25, 0.3) is 0 Å². The van der Waals surface area contributed by atoms with Gasteiger partial charge in [0.2, 0.25) is 5.91 Å². The SMILES string of the molecule is O=C(Cn1ccnn1)N1CC[C@@H]2OCc3cnnn3[C@@H]2C1. The monoisotopic (exact) mass is 289 g/mol. The molecule has 0 aromatic carbocycles. The van der Waals surface area contributed by atoms with Crippen LogP contribution in [-0.4, -0.2) is 60.0 Å². The van der Waals surface area contributed by atoms with Crippen molar-refractivity contribution in [2.24, 2.45) is 0 Å². The normalized spacial score (nSPS) is 24.5. The van der Waals surface area contributed by atoms with E-state index in [0.29, 0.717) is 19.7 Å². The van der Waals surface area contributed by atoms with Gasteiger partial charge in [-0.2, -0.15) is 0 Å².